The summed E-state index contributed by atoms with van der Waals surface area (Å²) < 4.78 is 40.2. The number of hydrogen-bond donors (Lipinski definition) is 2. The second kappa shape index (κ2) is 6.57. The normalized spacial score (nSPS) is 17.6. The van der Waals surface area contributed by atoms with Crippen molar-refractivity contribution in [3.05, 3.63) is 54.1 Å². The lowest BCUT2D eigenvalue weighted by molar-refractivity contribution is -0.137. The van der Waals surface area contributed by atoms with Gasteiger partial charge >= 0.3 is 6.18 Å². The maximum absolute atomic E-state index is 13.4. The van der Waals surface area contributed by atoms with Crippen molar-refractivity contribution in [2.45, 2.75) is 18.6 Å². The summed E-state index contributed by atoms with van der Waals surface area (Å²) in [5, 5.41) is 7.42. The van der Waals surface area contributed by atoms with E-state index >= 15 is 0 Å². The molecule has 1 aliphatic heterocycles. The predicted octanol–water partition coefficient (Wildman–Crippen LogP) is 4.09. The lowest BCUT2D eigenvalue weighted by atomic mass is 10.1. The van der Waals surface area contributed by atoms with Gasteiger partial charge in [0.05, 0.1) is 11.1 Å². The Morgan fingerprint density at radius 2 is 1.77 bits per heavy atom. The van der Waals surface area contributed by atoms with Crippen molar-refractivity contribution in [3.8, 4) is 11.4 Å². The van der Waals surface area contributed by atoms with Gasteiger partial charge in [0.2, 0.25) is 0 Å². The van der Waals surface area contributed by atoms with Gasteiger partial charge in [-0.3, -0.25) is 0 Å². The Labute approximate surface area is 148 Å². The highest BCUT2D eigenvalue weighted by atomic mass is 19.4. The molecule has 1 fully saturated rings. The van der Waals surface area contributed by atoms with E-state index in [-0.39, 0.29) is 17.4 Å². The standard InChI is InChI=1S/C19H17F3N4/c20-19(21,22)15-7-3-1-5-13(15)17-25-16-8-4-2-6-14(16)18(26-17)24-12-9-10-23-11-12/h1-8,12,23H,9-11H2,(H,24,25,26). The molecular formula is C19H17F3N4. The predicted molar refractivity (Wildman–Crippen MR) is 94.9 cm³/mol. The van der Waals surface area contributed by atoms with E-state index in [0.717, 1.165) is 31.0 Å². The molecule has 2 heterocycles. The topological polar surface area (TPSA) is 49.8 Å². The Kier molecular flexibility index (Phi) is 4.24. The molecule has 26 heavy (non-hydrogen) atoms. The van der Waals surface area contributed by atoms with Gasteiger partial charge in [-0.1, -0.05) is 30.3 Å². The number of anilines is 1. The van der Waals surface area contributed by atoms with Gasteiger partial charge in [0, 0.05) is 23.5 Å². The average molecular weight is 358 g/mol. The number of aromatic nitrogens is 2. The third kappa shape index (κ3) is 3.22. The lowest BCUT2D eigenvalue weighted by Crippen LogP contribution is -2.23. The van der Waals surface area contributed by atoms with Crippen LogP contribution in [0, 0.1) is 0 Å². The first-order valence-corrected chi connectivity index (χ1v) is 8.43. The molecule has 0 bridgehead atoms. The molecule has 2 aromatic carbocycles. The van der Waals surface area contributed by atoms with Gasteiger partial charge in [-0.05, 0) is 31.2 Å². The number of alkyl halides is 3. The van der Waals surface area contributed by atoms with Gasteiger partial charge < -0.3 is 10.6 Å². The van der Waals surface area contributed by atoms with Crippen LogP contribution in [0.2, 0.25) is 0 Å². The van der Waals surface area contributed by atoms with Crippen LogP contribution in [0.25, 0.3) is 22.3 Å². The van der Waals surface area contributed by atoms with Crippen molar-refractivity contribution >= 4 is 16.7 Å². The van der Waals surface area contributed by atoms with E-state index in [2.05, 4.69) is 20.6 Å². The summed E-state index contributed by atoms with van der Waals surface area (Å²) in [5.74, 6) is 0.640. The fraction of sp³-hybridized carbons (Fsp3) is 0.263. The Hall–Kier alpha value is -2.67. The number of nitrogens with one attached hydrogen (secondary N) is 2. The molecule has 1 unspecified atom stereocenters. The number of para-hydroxylation sites is 1. The van der Waals surface area contributed by atoms with Crippen LogP contribution in [0.15, 0.2) is 48.5 Å². The molecule has 1 saturated heterocycles. The summed E-state index contributed by atoms with van der Waals surface area (Å²) in [6, 6.07) is 12.9. The molecule has 1 aromatic heterocycles. The fourth-order valence-corrected chi connectivity index (χ4v) is 3.20. The minimum absolute atomic E-state index is 0.0154. The van der Waals surface area contributed by atoms with Crippen LogP contribution in [0.4, 0.5) is 19.0 Å². The molecule has 7 heteroatoms. The second-order valence-corrected chi connectivity index (χ2v) is 6.29. The summed E-state index contributed by atoms with van der Waals surface area (Å²) in [7, 11) is 0. The molecule has 0 radical (unpaired) electrons. The number of halogens is 3. The van der Waals surface area contributed by atoms with Crippen LogP contribution in [0.5, 0.6) is 0 Å². The minimum atomic E-state index is -4.46. The zero-order chi connectivity index (χ0) is 18.1. The zero-order valence-corrected chi connectivity index (χ0v) is 13.8. The van der Waals surface area contributed by atoms with E-state index in [4.69, 9.17) is 0 Å². The summed E-state index contributed by atoms with van der Waals surface area (Å²) in [4.78, 5) is 8.85. The van der Waals surface area contributed by atoms with Crippen LogP contribution in [-0.4, -0.2) is 29.1 Å². The Morgan fingerprint density at radius 1 is 1.00 bits per heavy atom. The highest BCUT2D eigenvalue weighted by Gasteiger charge is 2.34. The summed E-state index contributed by atoms with van der Waals surface area (Å²) >= 11 is 0. The molecule has 0 saturated carbocycles. The first-order chi connectivity index (χ1) is 12.5. The average Bonchev–Trinajstić information content (AvgIpc) is 3.14. The molecular weight excluding hydrogens is 341 g/mol. The Bertz CT molecular complexity index is 933. The lowest BCUT2D eigenvalue weighted by Gasteiger charge is -2.17. The SMILES string of the molecule is FC(F)(F)c1ccccc1-c1nc(NC2CCNC2)c2ccccc2n1. The monoisotopic (exact) mass is 358 g/mol. The summed E-state index contributed by atoms with van der Waals surface area (Å²) in [6.07, 6.45) is -3.53. The summed E-state index contributed by atoms with van der Waals surface area (Å²) in [6.45, 7) is 1.71. The van der Waals surface area contributed by atoms with Crippen molar-refractivity contribution in [1.82, 2.24) is 15.3 Å². The molecule has 0 aliphatic carbocycles. The van der Waals surface area contributed by atoms with Crippen molar-refractivity contribution in [2.24, 2.45) is 0 Å². The van der Waals surface area contributed by atoms with Crippen LogP contribution in [0.3, 0.4) is 0 Å². The third-order valence-electron chi connectivity index (χ3n) is 4.48. The molecule has 2 N–H and O–H groups in total. The van der Waals surface area contributed by atoms with Gasteiger partial charge in [-0.25, -0.2) is 9.97 Å². The largest absolute Gasteiger partial charge is 0.417 e. The number of rotatable bonds is 3. The van der Waals surface area contributed by atoms with E-state index in [1.54, 1.807) is 12.1 Å². The smallest absolute Gasteiger partial charge is 0.365 e. The van der Waals surface area contributed by atoms with Gasteiger partial charge in [0.15, 0.2) is 5.82 Å². The van der Waals surface area contributed by atoms with Crippen molar-refractivity contribution in [3.63, 3.8) is 0 Å². The molecule has 1 aliphatic rings. The molecule has 0 amide bonds. The quantitative estimate of drug-likeness (QED) is 0.740. The van der Waals surface area contributed by atoms with Crippen LogP contribution < -0.4 is 10.6 Å². The second-order valence-electron chi connectivity index (χ2n) is 6.29. The van der Waals surface area contributed by atoms with Gasteiger partial charge in [0.1, 0.15) is 5.82 Å². The van der Waals surface area contributed by atoms with E-state index in [1.807, 2.05) is 18.2 Å². The van der Waals surface area contributed by atoms with Gasteiger partial charge in [-0.15, -0.1) is 0 Å². The van der Waals surface area contributed by atoms with E-state index in [0.29, 0.717) is 11.3 Å². The highest BCUT2D eigenvalue weighted by molar-refractivity contribution is 5.90. The van der Waals surface area contributed by atoms with Crippen molar-refractivity contribution in [2.75, 3.05) is 18.4 Å². The zero-order valence-electron chi connectivity index (χ0n) is 13.8. The van der Waals surface area contributed by atoms with Crippen LogP contribution in [0.1, 0.15) is 12.0 Å². The highest BCUT2D eigenvalue weighted by Crippen LogP contribution is 2.36. The van der Waals surface area contributed by atoms with Crippen molar-refractivity contribution in [1.29, 1.82) is 0 Å². The van der Waals surface area contributed by atoms with Crippen molar-refractivity contribution < 1.29 is 13.2 Å². The molecule has 134 valence electrons. The van der Waals surface area contributed by atoms with Crippen LogP contribution >= 0.6 is 0 Å². The Balaban J connectivity index is 1.86. The minimum Gasteiger partial charge on any atom is -0.365 e. The maximum Gasteiger partial charge on any atom is 0.417 e. The first kappa shape index (κ1) is 16.8. The number of fused-ring (bicyclic) bond motifs is 1. The van der Waals surface area contributed by atoms with E-state index < -0.39 is 11.7 Å². The summed E-state index contributed by atoms with van der Waals surface area (Å²) in [5.41, 5.74) is -0.134. The first-order valence-electron chi connectivity index (χ1n) is 8.43. The van der Waals surface area contributed by atoms with Gasteiger partial charge in [-0.2, -0.15) is 13.2 Å². The van der Waals surface area contributed by atoms with E-state index in [1.165, 1.54) is 12.1 Å². The molecule has 0 spiro atoms. The third-order valence-corrected chi connectivity index (χ3v) is 4.48. The number of hydrogen-bond acceptors (Lipinski definition) is 4. The maximum atomic E-state index is 13.4. The van der Waals surface area contributed by atoms with E-state index in [9.17, 15) is 13.2 Å². The number of nitrogens with zero attached hydrogens (tertiary/aromatic N) is 2. The number of benzene rings is 2. The molecule has 4 nitrogen and oxygen atoms in total. The molecule has 4 rings (SSSR count). The fourth-order valence-electron chi connectivity index (χ4n) is 3.20. The molecule has 1 atom stereocenters. The molecule has 3 aromatic rings. The van der Waals surface area contributed by atoms with Crippen LogP contribution in [-0.2, 0) is 6.18 Å². The Morgan fingerprint density at radius 3 is 2.54 bits per heavy atom. The van der Waals surface area contributed by atoms with Gasteiger partial charge in [0.25, 0.3) is 0 Å².